The molecular weight excluding hydrogens is 492 g/mol. The monoisotopic (exact) mass is 522 g/mol. The highest BCUT2D eigenvalue weighted by Gasteiger charge is 2.54. The van der Waals surface area contributed by atoms with Gasteiger partial charge in [-0.05, 0) is 38.5 Å². The highest BCUT2D eigenvalue weighted by molar-refractivity contribution is 5.93. The number of methoxy groups -OCH3 is 1. The van der Waals surface area contributed by atoms with Gasteiger partial charge >= 0.3 is 29.8 Å². The average molecular weight is 523 g/mol. The van der Waals surface area contributed by atoms with E-state index in [1.165, 1.54) is 13.0 Å². The van der Waals surface area contributed by atoms with Crippen LogP contribution in [0.4, 0.5) is 0 Å². The third kappa shape index (κ3) is 5.75. The number of ether oxygens (including phenoxy) is 6. The molecule has 12 heteroatoms. The number of hydrogen-bond acceptors (Lipinski definition) is 12. The molecule has 2 heterocycles. The van der Waals surface area contributed by atoms with E-state index >= 15 is 0 Å². The minimum atomic E-state index is -2.37. The molecule has 0 bridgehead atoms. The maximum absolute atomic E-state index is 13.3. The molecule has 0 aromatic heterocycles. The van der Waals surface area contributed by atoms with Crippen molar-refractivity contribution < 1.29 is 57.5 Å². The summed E-state index contributed by atoms with van der Waals surface area (Å²) < 4.78 is 32.1. The first-order valence-electron chi connectivity index (χ1n) is 11.5. The van der Waals surface area contributed by atoms with Crippen molar-refractivity contribution in [2.45, 2.75) is 76.8 Å². The first-order chi connectivity index (χ1) is 17.2. The van der Waals surface area contributed by atoms with Crippen LogP contribution in [-0.4, -0.2) is 84.3 Å². The SMILES string of the molecule is C=C1C(=O)OC2/C=C(\C)C3OC3/C=C(/C(=O)OC)C(OC(C)=O)C(OC(=O)C(C)(O)C(C)OC(C)=O)C12. The fraction of sp³-hybridized carbons (Fsp3) is 0.560. The van der Waals surface area contributed by atoms with E-state index in [0.717, 1.165) is 27.9 Å². The van der Waals surface area contributed by atoms with Gasteiger partial charge in [-0.1, -0.05) is 6.58 Å². The van der Waals surface area contributed by atoms with Crippen LogP contribution in [0.2, 0.25) is 0 Å². The third-order valence-corrected chi connectivity index (χ3v) is 6.47. The lowest BCUT2D eigenvalue weighted by Gasteiger charge is -2.36. The lowest BCUT2D eigenvalue weighted by Crippen LogP contribution is -2.53. The number of carbonyl (C=O) groups is 5. The Balaban J connectivity index is 2.16. The lowest BCUT2D eigenvalue weighted by atomic mass is 9.83. The van der Waals surface area contributed by atoms with Crippen LogP contribution in [0.1, 0.15) is 34.6 Å². The predicted molar refractivity (Wildman–Crippen MR) is 122 cm³/mol. The smallest absolute Gasteiger partial charge is 0.342 e. The summed E-state index contributed by atoms with van der Waals surface area (Å²) in [5.41, 5.74) is -2.02. The number of aliphatic hydroxyl groups is 1. The molecule has 0 aromatic rings. The second kappa shape index (κ2) is 10.5. The van der Waals surface area contributed by atoms with E-state index in [1.54, 1.807) is 13.0 Å². The number of hydrogen-bond donors (Lipinski definition) is 1. The van der Waals surface area contributed by atoms with Crippen molar-refractivity contribution in [2.24, 2.45) is 5.92 Å². The zero-order valence-corrected chi connectivity index (χ0v) is 21.3. The minimum absolute atomic E-state index is 0.116. The number of epoxide rings is 1. The van der Waals surface area contributed by atoms with Crippen molar-refractivity contribution >= 4 is 29.8 Å². The van der Waals surface area contributed by atoms with Crippen molar-refractivity contribution in [3.63, 3.8) is 0 Å². The van der Waals surface area contributed by atoms with Crippen LogP contribution >= 0.6 is 0 Å². The van der Waals surface area contributed by atoms with Crippen molar-refractivity contribution in [1.29, 1.82) is 0 Å². The number of carbonyl (C=O) groups excluding carboxylic acids is 5. The first kappa shape index (κ1) is 28.1. The molecule has 3 aliphatic rings. The van der Waals surface area contributed by atoms with Crippen LogP contribution in [0.15, 0.2) is 35.5 Å². The van der Waals surface area contributed by atoms with Gasteiger partial charge in [0.2, 0.25) is 0 Å². The molecule has 2 aliphatic heterocycles. The topological polar surface area (TPSA) is 164 Å². The molecular formula is C25H30O12. The summed E-state index contributed by atoms with van der Waals surface area (Å²) in [5.74, 6) is -5.72. The second-order valence-corrected chi connectivity index (χ2v) is 9.27. The Morgan fingerprint density at radius 2 is 1.76 bits per heavy atom. The van der Waals surface area contributed by atoms with Gasteiger partial charge in [0, 0.05) is 19.4 Å². The molecule has 1 N–H and O–H groups in total. The molecule has 1 aliphatic carbocycles. The fourth-order valence-corrected chi connectivity index (χ4v) is 4.26. The molecule has 0 spiro atoms. The summed E-state index contributed by atoms with van der Waals surface area (Å²) in [6, 6.07) is 0. The Labute approximate surface area is 213 Å². The van der Waals surface area contributed by atoms with Crippen molar-refractivity contribution in [3.05, 3.63) is 35.5 Å². The molecule has 8 atom stereocenters. The zero-order valence-electron chi connectivity index (χ0n) is 21.3. The largest absolute Gasteiger partial charge is 0.466 e. The summed E-state index contributed by atoms with van der Waals surface area (Å²) in [7, 11) is 1.11. The molecule has 3 rings (SSSR count). The Bertz CT molecular complexity index is 1080. The summed E-state index contributed by atoms with van der Waals surface area (Å²) >= 11 is 0. The molecule has 37 heavy (non-hydrogen) atoms. The standard InChI is InChI=1S/C25H30O12/c1-10-8-16-18(11(2)22(28)36-16)21(37-24(30)25(6,31)12(3)33-13(4)26)20(34-14(5)27)15(23(29)32-7)9-17-19(10)35-17/h8-9,12,16-21,31H,2H2,1,3-7H3/b10-8+,15-9+. The molecule has 12 nitrogen and oxygen atoms in total. The second-order valence-electron chi connectivity index (χ2n) is 9.27. The van der Waals surface area contributed by atoms with Crippen molar-refractivity contribution in [1.82, 2.24) is 0 Å². The normalized spacial score (nSPS) is 33.9. The van der Waals surface area contributed by atoms with Gasteiger partial charge in [-0.25, -0.2) is 14.4 Å². The van der Waals surface area contributed by atoms with Crippen LogP contribution in [0.25, 0.3) is 0 Å². The van der Waals surface area contributed by atoms with Gasteiger partial charge in [0.25, 0.3) is 0 Å². The molecule has 0 saturated carbocycles. The average Bonchev–Trinajstić information content (AvgIpc) is 3.52. The highest BCUT2D eigenvalue weighted by Crippen LogP contribution is 2.41. The van der Waals surface area contributed by atoms with E-state index in [4.69, 9.17) is 28.4 Å². The maximum atomic E-state index is 13.3. The number of fused-ring (bicyclic) bond motifs is 2. The third-order valence-electron chi connectivity index (χ3n) is 6.47. The quantitative estimate of drug-likeness (QED) is 0.169. The molecule has 0 aromatic carbocycles. The lowest BCUT2D eigenvalue weighted by molar-refractivity contribution is -0.196. The van der Waals surface area contributed by atoms with Crippen LogP contribution in [-0.2, 0) is 52.4 Å². The van der Waals surface area contributed by atoms with E-state index in [9.17, 15) is 29.1 Å². The molecule has 2 saturated heterocycles. The van der Waals surface area contributed by atoms with Crippen LogP contribution < -0.4 is 0 Å². The fourth-order valence-electron chi connectivity index (χ4n) is 4.26. The Kier molecular flexibility index (Phi) is 7.94. The van der Waals surface area contributed by atoms with Gasteiger partial charge in [-0.2, -0.15) is 0 Å². The van der Waals surface area contributed by atoms with Crippen LogP contribution in [0.5, 0.6) is 0 Å². The summed E-state index contributed by atoms with van der Waals surface area (Å²) in [4.78, 5) is 62.2. The molecule has 0 radical (unpaired) electrons. The Morgan fingerprint density at radius 3 is 2.32 bits per heavy atom. The number of rotatable bonds is 6. The van der Waals surface area contributed by atoms with Gasteiger partial charge in [0.05, 0.1) is 18.6 Å². The van der Waals surface area contributed by atoms with Gasteiger partial charge < -0.3 is 33.5 Å². The highest BCUT2D eigenvalue weighted by atomic mass is 16.6. The summed E-state index contributed by atoms with van der Waals surface area (Å²) in [6.45, 7) is 10.0. The van der Waals surface area contributed by atoms with E-state index in [1.807, 2.05) is 0 Å². The molecule has 8 unspecified atom stereocenters. The van der Waals surface area contributed by atoms with Gasteiger partial charge in [0.1, 0.15) is 24.4 Å². The van der Waals surface area contributed by atoms with Crippen LogP contribution in [0, 0.1) is 5.92 Å². The van der Waals surface area contributed by atoms with Gasteiger partial charge in [-0.3, -0.25) is 9.59 Å². The van der Waals surface area contributed by atoms with E-state index in [-0.39, 0.29) is 11.1 Å². The van der Waals surface area contributed by atoms with E-state index < -0.39 is 78.0 Å². The predicted octanol–water partition coefficient (Wildman–Crippen LogP) is 0.457. The van der Waals surface area contributed by atoms with Gasteiger partial charge in [0.15, 0.2) is 17.8 Å². The minimum Gasteiger partial charge on any atom is -0.466 e. The summed E-state index contributed by atoms with van der Waals surface area (Å²) in [5, 5.41) is 10.9. The van der Waals surface area contributed by atoms with Gasteiger partial charge in [-0.15, -0.1) is 0 Å². The van der Waals surface area contributed by atoms with Crippen molar-refractivity contribution in [2.75, 3.05) is 7.11 Å². The van der Waals surface area contributed by atoms with E-state index in [2.05, 4.69) is 6.58 Å². The molecule has 2 fully saturated rings. The molecule has 0 amide bonds. The van der Waals surface area contributed by atoms with Crippen molar-refractivity contribution in [3.8, 4) is 0 Å². The Hall–Kier alpha value is -3.51. The zero-order chi connectivity index (χ0) is 27.8. The Morgan fingerprint density at radius 1 is 1.11 bits per heavy atom. The van der Waals surface area contributed by atoms with Crippen LogP contribution in [0.3, 0.4) is 0 Å². The maximum Gasteiger partial charge on any atom is 0.342 e. The molecule has 202 valence electrons. The van der Waals surface area contributed by atoms with E-state index in [0.29, 0.717) is 5.57 Å². The first-order valence-corrected chi connectivity index (χ1v) is 11.5. The summed E-state index contributed by atoms with van der Waals surface area (Å²) in [6.07, 6.45) is -3.61. The number of esters is 5.